The number of nitrogens with one attached hydrogen (secondary N) is 1. The molecule has 3 heterocycles. The van der Waals surface area contributed by atoms with Gasteiger partial charge in [-0.1, -0.05) is 23.4 Å². The second-order valence-electron chi connectivity index (χ2n) is 5.83. The van der Waals surface area contributed by atoms with E-state index in [9.17, 15) is 4.79 Å². The number of para-hydroxylation sites is 1. The van der Waals surface area contributed by atoms with E-state index >= 15 is 0 Å². The zero-order valence-corrected chi connectivity index (χ0v) is 13.4. The molecule has 1 aliphatic heterocycles. The summed E-state index contributed by atoms with van der Waals surface area (Å²) in [5.74, 6) is 1.48. The third kappa shape index (κ3) is 3.53. The minimum absolute atomic E-state index is 0.0337. The molecule has 0 atom stereocenters. The smallest absolute Gasteiger partial charge is 0.240 e. The van der Waals surface area contributed by atoms with Crippen LogP contribution >= 0.6 is 0 Å². The lowest BCUT2D eigenvalue weighted by atomic mass is 10.0. The lowest BCUT2D eigenvalue weighted by Crippen LogP contribution is -2.48. The standard InChI is InChI=1S/C17H16N6O2/c24-14(20-13-5-2-1-3-6-13)11-23-9-12(10-23)17-21-16(22-25-17)15-18-7-4-8-19-15/h1-8,12H,9-11H2,(H,20,24). The zero-order valence-electron chi connectivity index (χ0n) is 13.4. The summed E-state index contributed by atoms with van der Waals surface area (Å²) < 4.78 is 5.30. The van der Waals surface area contributed by atoms with Gasteiger partial charge in [0.25, 0.3) is 0 Å². The lowest BCUT2D eigenvalue weighted by molar-refractivity contribution is -0.118. The molecule has 1 amide bonds. The van der Waals surface area contributed by atoms with Gasteiger partial charge in [0.1, 0.15) is 0 Å². The lowest BCUT2D eigenvalue weighted by Gasteiger charge is -2.36. The average Bonchev–Trinajstić information content (AvgIpc) is 3.09. The molecule has 0 saturated carbocycles. The van der Waals surface area contributed by atoms with Crippen LogP contribution in [0.3, 0.4) is 0 Å². The van der Waals surface area contributed by atoms with Crippen molar-refractivity contribution >= 4 is 11.6 Å². The number of nitrogens with zero attached hydrogens (tertiary/aromatic N) is 5. The Hall–Kier alpha value is -3.13. The van der Waals surface area contributed by atoms with Crippen molar-refractivity contribution in [1.29, 1.82) is 0 Å². The van der Waals surface area contributed by atoms with E-state index in [1.165, 1.54) is 0 Å². The molecule has 8 nitrogen and oxygen atoms in total. The summed E-state index contributed by atoms with van der Waals surface area (Å²) in [5.41, 5.74) is 0.800. The van der Waals surface area contributed by atoms with Gasteiger partial charge in [0, 0.05) is 31.2 Å². The Labute approximate surface area is 143 Å². The monoisotopic (exact) mass is 336 g/mol. The van der Waals surface area contributed by atoms with Crippen molar-refractivity contribution in [2.75, 3.05) is 25.0 Å². The van der Waals surface area contributed by atoms with E-state index in [1.807, 2.05) is 35.2 Å². The van der Waals surface area contributed by atoms with Gasteiger partial charge in [0.15, 0.2) is 0 Å². The molecule has 2 aromatic heterocycles. The molecule has 126 valence electrons. The fraction of sp³-hybridized carbons (Fsp3) is 0.235. The average molecular weight is 336 g/mol. The molecule has 0 bridgehead atoms. The van der Waals surface area contributed by atoms with Crippen LogP contribution in [0.15, 0.2) is 53.3 Å². The van der Waals surface area contributed by atoms with Crippen LogP contribution < -0.4 is 5.32 Å². The number of hydrogen-bond acceptors (Lipinski definition) is 7. The third-order valence-electron chi connectivity index (χ3n) is 3.94. The summed E-state index contributed by atoms with van der Waals surface area (Å²) >= 11 is 0. The fourth-order valence-corrected chi connectivity index (χ4v) is 2.69. The molecule has 1 fully saturated rings. The number of carbonyl (C=O) groups excluding carboxylic acids is 1. The summed E-state index contributed by atoms with van der Waals surface area (Å²) in [4.78, 5) is 26.6. The number of amides is 1. The molecule has 4 rings (SSSR count). The van der Waals surface area contributed by atoms with Gasteiger partial charge in [-0.3, -0.25) is 9.69 Å². The highest BCUT2D eigenvalue weighted by molar-refractivity contribution is 5.92. The summed E-state index contributed by atoms with van der Waals surface area (Å²) in [6.07, 6.45) is 3.27. The molecule has 25 heavy (non-hydrogen) atoms. The van der Waals surface area contributed by atoms with Gasteiger partial charge in [-0.2, -0.15) is 4.98 Å². The normalized spacial score (nSPS) is 14.9. The minimum Gasteiger partial charge on any atom is -0.338 e. The molecule has 8 heteroatoms. The minimum atomic E-state index is -0.0337. The maximum atomic E-state index is 12.0. The Morgan fingerprint density at radius 1 is 1.12 bits per heavy atom. The van der Waals surface area contributed by atoms with Crippen molar-refractivity contribution in [3.63, 3.8) is 0 Å². The van der Waals surface area contributed by atoms with Gasteiger partial charge in [0.05, 0.1) is 12.5 Å². The van der Waals surface area contributed by atoms with Gasteiger partial charge >= 0.3 is 0 Å². The first kappa shape index (κ1) is 15.4. The first-order valence-electron chi connectivity index (χ1n) is 7.96. The number of anilines is 1. The largest absolute Gasteiger partial charge is 0.338 e. The number of likely N-dealkylation sites (tertiary alicyclic amines) is 1. The van der Waals surface area contributed by atoms with E-state index in [1.54, 1.807) is 18.5 Å². The van der Waals surface area contributed by atoms with Crippen molar-refractivity contribution < 1.29 is 9.32 Å². The van der Waals surface area contributed by atoms with Crippen molar-refractivity contribution in [2.45, 2.75) is 5.92 Å². The predicted molar refractivity (Wildman–Crippen MR) is 89.6 cm³/mol. The Balaban J connectivity index is 1.29. The Morgan fingerprint density at radius 2 is 1.88 bits per heavy atom. The van der Waals surface area contributed by atoms with Gasteiger partial charge in [0.2, 0.25) is 23.4 Å². The number of rotatable bonds is 5. The van der Waals surface area contributed by atoms with E-state index < -0.39 is 0 Å². The molecular formula is C17H16N6O2. The molecule has 1 N–H and O–H groups in total. The van der Waals surface area contributed by atoms with Crippen LogP contribution in [-0.2, 0) is 4.79 Å². The maximum absolute atomic E-state index is 12.0. The van der Waals surface area contributed by atoms with Crippen LogP contribution in [0.25, 0.3) is 11.6 Å². The molecule has 1 aromatic carbocycles. The summed E-state index contributed by atoms with van der Waals surface area (Å²) in [5, 5.41) is 6.79. The summed E-state index contributed by atoms with van der Waals surface area (Å²) in [6.45, 7) is 1.76. The van der Waals surface area contributed by atoms with Gasteiger partial charge < -0.3 is 9.84 Å². The maximum Gasteiger partial charge on any atom is 0.240 e. The van der Waals surface area contributed by atoms with Crippen molar-refractivity contribution in [1.82, 2.24) is 25.0 Å². The van der Waals surface area contributed by atoms with E-state index in [-0.39, 0.29) is 11.8 Å². The molecular weight excluding hydrogens is 320 g/mol. The van der Waals surface area contributed by atoms with Crippen LogP contribution in [0.5, 0.6) is 0 Å². The number of benzene rings is 1. The fourth-order valence-electron chi connectivity index (χ4n) is 2.69. The summed E-state index contributed by atoms with van der Waals surface area (Å²) in [6, 6.07) is 11.1. The Bertz CT molecular complexity index is 846. The van der Waals surface area contributed by atoms with Crippen LogP contribution in [-0.4, -0.2) is 50.5 Å². The van der Waals surface area contributed by atoms with Crippen LogP contribution in [0.1, 0.15) is 11.8 Å². The van der Waals surface area contributed by atoms with E-state index in [0.717, 1.165) is 5.69 Å². The second-order valence-corrected chi connectivity index (χ2v) is 5.83. The van der Waals surface area contributed by atoms with Crippen molar-refractivity contribution in [3.05, 3.63) is 54.7 Å². The highest BCUT2D eigenvalue weighted by Gasteiger charge is 2.33. The first-order chi connectivity index (χ1) is 12.3. The van der Waals surface area contributed by atoms with Gasteiger partial charge in [-0.15, -0.1) is 0 Å². The van der Waals surface area contributed by atoms with E-state index in [2.05, 4.69) is 25.4 Å². The molecule has 0 spiro atoms. The molecule has 1 aliphatic rings. The Kier molecular flexibility index (Phi) is 4.17. The van der Waals surface area contributed by atoms with E-state index in [4.69, 9.17) is 4.52 Å². The number of carbonyl (C=O) groups is 1. The van der Waals surface area contributed by atoms with E-state index in [0.29, 0.717) is 37.2 Å². The SMILES string of the molecule is O=C(CN1CC(c2nc(-c3ncccn3)no2)C1)Nc1ccccc1. The highest BCUT2D eigenvalue weighted by Crippen LogP contribution is 2.26. The zero-order chi connectivity index (χ0) is 17.1. The second kappa shape index (κ2) is 6.78. The van der Waals surface area contributed by atoms with Crippen LogP contribution in [0.2, 0.25) is 0 Å². The Morgan fingerprint density at radius 3 is 2.64 bits per heavy atom. The highest BCUT2D eigenvalue weighted by atomic mass is 16.5. The quantitative estimate of drug-likeness (QED) is 0.755. The molecule has 0 aliphatic carbocycles. The van der Waals surface area contributed by atoms with Crippen molar-refractivity contribution in [2.24, 2.45) is 0 Å². The van der Waals surface area contributed by atoms with Gasteiger partial charge in [-0.05, 0) is 18.2 Å². The van der Waals surface area contributed by atoms with Gasteiger partial charge in [-0.25, -0.2) is 9.97 Å². The molecule has 0 radical (unpaired) electrons. The number of hydrogen-bond donors (Lipinski definition) is 1. The van der Waals surface area contributed by atoms with Crippen molar-refractivity contribution in [3.8, 4) is 11.6 Å². The van der Waals surface area contributed by atoms with Crippen LogP contribution in [0, 0.1) is 0 Å². The first-order valence-corrected chi connectivity index (χ1v) is 7.96. The third-order valence-corrected chi connectivity index (χ3v) is 3.94. The summed E-state index contributed by atoms with van der Waals surface area (Å²) in [7, 11) is 0. The number of aromatic nitrogens is 4. The van der Waals surface area contributed by atoms with Crippen LogP contribution in [0.4, 0.5) is 5.69 Å². The molecule has 0 unspecified atom stereocenters. The predicted octanol–water partition coefficient (Wildman–Crippen LogP) is 1.56. The molecule has 3 aromatic rings. The molecule has 1 saturated heterocycles. The topological polar surface area (TPSA) is 97.0 Å².